The number of aryl methyl sites for hydroxylation is 1. The van der Waals surface area contributed by atoms with Crippen molar-refractivity contribution in [2.75, 3.05) is 18.2 Å². The standard InChI is InChI=1S/C22H19BrClN3O3S/c1-12-7-14(23)4-5-18(12)26-21(29)11-31-22-16(10-25)15(9-20(28)27-22)13-3-6-19(30-2)17(24)8-13/h3-8,15H,9,11H2,1-2H3,(H,26,29)(H,27,28)/t15-/m0/s1. The molecule has 2 amide bonds. The van der Waals surface area contributed by atoms with Crippen LogP contribution >= 0.6 is 39.3 Å². The van der Waals surface area contributed by atoms with Gasteiger partial charge in [0.2, 0.25) is 11.8 Å². The molecule has 2 aromatic carbocycles. The number of hydrogen-bond donors (Lipinski definition) is 2. The molecule has 0 saturated carbocycles. The zero-order valence-corrected chi connectivity index (χ0v) is 20.0. The van der Waals surface area contributed by atoms with E-state index in [0.29, 0.717) is 27.1 Å². The lowest BCUT2D eigenvalue weighted by molar-refractivity contribution is -0.121. The first-order valence-corrected chi connectivity index (χ1v) is 11.4. The maximum atomic E-state index is 12.4. The quantitative estimate of drug-likeness (QED) is 0.551. The fourth-order valence-electron chi connectivity index (χ4n) is 3.21. The molecule has 9 heteroatoms. The second-order valence-corrected chi connectivity index (χ2v) is 9.16. The van der Waals surface area contributed by atoms with Gasteiger partial charge in [-0.05, 0) is 48.4 Å². The van der Waals surface area contributed by atoms with Gasteiger partial charge in [-0.25, -0.2) is 0 Å². The van der Waals surface area contributed by atoms with Gasteiger partial charge in [0.1, 0.15) is 5.75 Å². The van der Waals surface area contributed by atoms with Crippen LogP contribution < -0.4 is 15.4 Å². The average molecular weight is 521 g/mol. The van der Waals surface area contributed by atoms with Gasteiger partial charge in [-0.15, -0.1) is 0 Å². The van der Waals surface area contributed by atoms with E-state index in [2.05, 4.69) is 32.6 Å². The summed E-state index contributed by atoms with van der Waals surface area (Å²) in [6.07, 6.45) is 0.125. The minimum absolute atomic E-state index is 0.0480. The van der Waals surface area contributed by atoms with Crippen LogP contribution in [0.1, 0.15) is 23.5 Å². The molecule has 160 valence electrons. The number of allylic oxidation sites excluding steroid dienone is 1. The Morgan fingerprint density at radius 2 is 2.16 bits per heavy atom. The third kappa shape index (κ3) is 5.62. The maximum Gasteiger partial charge on any atom is 0.234 e. The zero-order chi connectivity index (χ0) is 22.5. The van der Waals surface area contributed by atoms with Gasteiger partial charge in [0.25, 0.3) is 0 Å². The molecular weight excluding hydrogens is 502 g/mol. The van der Waals surface area contributed by atoms with Crippen LogP contribution in [0.3, 0.4) is 0 Å². The van der Waals surface area contributed by atoms with Crippen molar-refractivity contribution in [3.8, 4) is 11.8 Å². The molecule has 0 radical (unpaired) electrons. The lowest BCUT2D eigenvalue weighted by atomic mass is 9.87. The van der Waals surface area contributed by atoms with E-state index in [0.717, 1.165) is 27.4 Å². The van der Waals surface area contributed by atoms with Crippen molar-refractivity contribution < 1.29 is 14.3 Å². The monoisotopic (exact) mass is 519 g/mol. The number of hydrogen-bond acceptors (Lipinski definition) is 5. The molecule has 1 atom stereocenters. The topological polar surface area (TPSA) is 91.2 Å². The predicted molar refractivity (Wildman–Crippen MR) is 126 cm³/mol. The highest BCUT2D eigenvalue weighted by molar-refractivity contribution is 9.10. The maximum absolute atomic E-state index is 12.4. The van der Waals surface area contributed by atoms with E-state index in [1.165, 1.54) is 7.11 Å². The summed E-state index contributed by atoms with van der Waals surface area (Å²) in [5.41, 5.74) is 2.78. The highest BCUT2D eigenvalue weighted by atomic mass is 79.9. The van der Waals surface area contributed by atoms with E-state index >= 15 is 0 Å². The van der Waals surface area contributed by atoms with Crippen LogP contribution in [-0.4, -0.2) is 24.7 Å². The molecule has 0 saturated heterocycles. The van der Waals surface area contributed by atoms with Crippen molar-refractivity contribution in [2.45, 2.75) is 19.3 Å². The Balaban J connectivity index is 1.78. The first-order chi connectivity index (χ1) is 14.8. The first kappa shape index (κ1) is 23.2. The predicted octanol–water partition coefficient (Wildman–Crippen LogP) is 5.13. The zero-order valence-electron chi connectivity index (χ0n) is 16.8. The van der Waals surface area contributed by atoms with Gasteiger partial charge in [0, 0.05) is 22.5 Å². The van der Waals surface area contributed by atoms with Crippen LogP contribution in [0.15, 0.2) is 51.5 Å². The van der Waals surface area contributed by atoms with Crippen molar-refractivity contribution in [2.24, 2.45) is 0 Å². The number of nitriles is 1. The van der Waals surface area contributed by atoms with Gasteiger partial charge in [-0.3, -0.25) is 9.59 Å². The number of rotatable bonds is 6. The van der Waals surface area contributed by atoms with Crippen molar-refractivity contribution >= 4 is 56.8 Å². The SMILES string of the molecule is COc1ccc([C@@H]2CC(=O)NC(SCC(=O)Nc3ccc(Br)cc3C)=C2C#N)cc1Cl. The molecule has 0 spiro atoms. The van der Waals surface area contributed by atoms with E-state index in [4.69, 9.17) is 16.3 Å². The van der Waals surface area contributed by atoms with Crippen molar-refractivity contribution in [3.05, 3.63) is 67.6 Å². The minimum Gasteiger partial charge on any atom is -0.495 e. The molecule has 0 unspecified atom stereocenters. The van der Waals surface area contributed by atoms with Crippen LogP contribution in [0.5, 0.6) is 5.75 Å². The molecule has 3 rings (SSSR count). The summed E-state index contributed by atoms with van der Waals surface area (Å²) in [6.45, 7) is 1.90. The summed E-state index contributed by atoms with van der Waals surface area (Å²) in [5.74, 6) is -0.331. The number of thioether (sulfide) groups is 1. The molecule has 0 aliphatic carbocycles. The number of benzene rings is 2. The Hall–Kier alpha value is -2.47. The largest absolute Gasteiger partial charge is 0.495 e. The van der Waals surface area contributed by atoms with E-state index in [1.807, 2.05) is 25.1 Å². The summed E-state index contributed by atoms with van der Waals surface area (Å²) >= 11 is 10.7. The second kappa shape index (κ2) is 10.2. The molecule has 6 nitrogen and oxygen atoms in total. The van der Waals surface area contributed by atoms with Gasteiger partial charge in [0.05, 0.1) is 34.6 Å². The molecule has 1 heterocycles. The number of nitrogens with zero attached hydrogens (tertiary/aromatic N) is 1. The summed E-state index contributed by atoms with van der Waals surface area (Å²) in [6, 6.07) is 13.0. The Morgan fingerprint density at radius 3 is 2.81 bits per heavy atom. The Morgan fingerprint density at radius 1 is 1.39 bits per heavy atom. The van der Waals surface area contributed by atoms with Crippen LogP contribution in [0.2, 0.25) is 5.02 Å². The minimum atomic E-state index is -0.443. The average Bonchev–Trinajstić information content (AvgIpc) is 2.73. The van der Waals surface area contributed by atoms with Crippen LogP contribution in [0, 0.1) is 18.3 Å². The molecule has 1 aliphatic rings. The molecule has 1 aliphatic heterocycles. The molecule has 0 bridgehead atoms. The normalized spacial score (nSPS) is 15.8. The van der Waals surface area contributed by atoms with E-state index in [9.17, 15) is 14.9 Å². The molecule has 2 N–H and O–H groups in total. The molecule has 0 fully saturated rings. The van der Waals surface area contributed by atoms with E-state index < -0.39 is 5.92 Å². The van der Waals surface area contributed by atoms with Crippen LogP contribution in [0.4, 0.5) is 5.69 Å². The number of halogens is 2. The van der Waals surface area contributed by atoms with Gasteiger partial charge in [0.15, 0.2) is 0 Å². The summed E-state index contributed by atoms with van der Waals surface area (Å²) in [4.78, 5) is 24.8. The number of nitrogens with one attached hydrogen (secondary N) is 2. The molecule has 2 aromatic rings. The number of carbonyl (C=O) groups is 2. The van der Waals surface area contributed by atoms with Crippen molar-refractivity contribution in [3.63, 3.8) is 0 Å². The lowest BCUT2D eigenvalue weighted by Crippen LogP contribution is -2.31. The molecule has 0 aromatic heterocycles. The second-order valence-electron chi connectivity index (χ2n) is 6.85. The van der Waals surface area contributed by atoms with E-state index in [-0.39, 0.29) is 24.0 Å². The summed E-state index contributed by atoms with van der Waals surface area (Å²) in [5, 5.41) is 16.2. The Labute approximate surface area is 198 Å². The fraction of sp³-hybridized carbons (Fsp3) is 0.227. The number of ether oxygens (including phenoxy) is 1. The third-order valence-electron chi connectivity index (χ3n) is 4.74. The van der Waals surface area contributed by atoms with Gasteiger partial charge >= 0.3 is 0 Å². The molecule has 31 heavy (non-hydrogen) atoms. The summed E-state index contributed by atoms with van der Waals surface area (Å²) < 4.78 is 6.10. The number of anilines is 1. The summed E-state index contributed by atoms with van der Waals surface area (Å²) in [7, 11) is 1.52. The fourth-order valence-corrected chi connectivity index (χ4v) is 4.83. The highest BCUT2D eigenvalue weighted by Gasteiger charge is 2.30. The van der Waals surface area contributed by atoms with Gasteiger partial charge in [-0.1, -0.05) is 45.4 Å². The van der Waals surface area contributed by atoms with Gasteiger partial charge < -0.3 is 15.4 Å². The molecular formula is C22H19BrClN3O3S. The Kier molecular flexibility index (Phi) is 7.65. The first-order valence-electron chi connectivity index (χ1n) is 9.28. The van der Waals surface area contributed by atoms with Crippen LogP contribution in [-0.2, 0) is 9.59 Å². The van der Waals surface area contributed by atoms with Crippen molar-refractivity contribution in [1.29, 1.82) is 5.26 Å². The Bertz CT molecular complexity index is 1110. The van der Waals surface area contributed by atoms with Crippen LogP contribution in [0.25, 0.3) is 0 Å². The van der Waals surface area contributed by atoms with E-state index in [1.54, 1.807) is 18.2 Å². The van der Waals surface area contributed by atoms with Crippen molar-refractivity contribution in [1.82, 2.24) is 5.32 Å². The van der Waals surface area contributed by atoms with Gasteiger partial charge in [-0.2, -0.15) is 5.26 Å². The number of carbonyl (C=O) groups excluding carboxylic acids is 2. The number of amides is 2. The number of methoxy groups -OCH3 is 1. The lowest BCUT2D eigenvalue weighted by Gasteiger charge is -2.25. The highest BCUT2D eigenvalue weighted by Crippen LogP contribution is 2.38. The third-order valence-corrected chi connectivity index (χ3v) is 6.55. The smallest absolute Gasteiger partial charge is 0.234 e.